The number of allylic oxidation sites excluding steroid dienone is 2. The molecule has 1 rings (SSSR count). The minimum atomic E-state index is -0.780. The molecule has 1 aliphatic rings. The van der Waals surface area contributed by atoms with Crippen LogP contribution in [0.15, 0.2) is 23.8 Å². The molecule has 4 N–H and O–H groups in total. The van der Waals surface area contributed by atoms with E-state index >= 15 is 0 Å². The highest BCUT2D eigenvalue weighted by Crippen LogP contribution is 2.21. The number of amides is 2. The summed E-state index contributed by atoms with van der Waals surface area (Å²) in [5, 5.41) is 23.0. The Balaban J connectivity index is 2.11. The first-order chi connectivity index (χ1) is 23.0. The summed E-state index contributed by atoms with van der Waals surface area (Å²) in [5.74, 6) is -3.06. The molecular weight excluding hydrogens is 598 g/mol. The molecule has 0 radical (unpaired) electrons. The smallest absolute Gasteiger partial charge is 0.279 e. The molecule has 0 aromatic carbocycles. The second-order valence-electron chi connectivity index (χ2n) is 13.7. The monoisotopic (exact) mass is 669 g/mol. The Morgan fingerprint density at radius 1 is 0.468 bits per heavy atom. The second kappa shape index (κ2) is 31.5. The van der Waals surface area contributed by atoms with Crippen LogP contribution in [-0.2, 0) is 9.59 Å². The minimum Gasteiger partial charge on any atom is -0.396 e. The summed E-state index contributed by atoms with van der Waals surface area (Å²) in [6.45, 7) is 0.603. The van der Waals surface area contributed by atoms with Crippen LogP contribution in [0, 0.1) is 0 Å². The van der Waals surface area contributed by atoms with Crippen LogP contribution in [0.25, 0.3) is 0 Å². The number of carbonyl (C=O) groups excluding carboxylic acids is 2. The Hall–Kier alpha value is -1.80. The van der Waals surface area contributed by atoms with Gasteiger partial charge < -0.3 is 20.8 Å². The topological polar surface area (TPSA) is 98.7 Å². The van der Waals surface area contributed by atoms with Gasteiger partial charge in [0.05, 0.1) is 0 Å². The Labute approximate surface area is 286 Å². The van der Waals surface area contributed by atoms with E-state index < -0.39 is 35.6 Å². The van der Waals surface area contributed by atoms with Crippen LogP contribution in [0.3, 0.4) is 0 Å². The van der Waals surface area contributed by atoms with Gasteiger partial charge in [-0.15, -0.1) is 0 Å². The third kappa shape index (κ3) is 24.9. The largest absolute Gasteiger partial charge is 0.396 e. The lowest BCUT2D eigenvalue weighted by Gasteiger charge is -2.21. The van der Waals surface area contributed by atoms with E-state index in [4.69, 9.17) is 10.2 Å². The van der Waals surface area contributed by atoms with Crippen molar-refractivity contribution < 1.29 is 28.6 Å². The van der Waals surface area contributed by atoms with E-state index in [1.807, 2.05) is 0 Å². The standard InChI is InChI=1S/C39H70F2N2O4/c40-34(28-23-19-15-11-7-3-1-5-9-13-17-21-25-32-44)38(46)42-36-30-27-31-37(36)43-39(47)35(41)29-24-20-16-12-8-4-2-6-10-14-18-22-26-33-45/h28-29,36-37,44-45H,1-27,30-33H2,(H,42,46)(H,43,47)/b34-28-,35-29-/t36-,37+. The maximum absolute atomic E-state index is 14.5. The lowest BCUT2D eigenvalue weighted by Crippen LogP contribution is -2.48. The van der Waals surface area contributed by atoms with Crippen molar-refractivity contribution >= 4 is 11.8 Å². The quantitative estimate of drug-likeness (QED) is 0.0424. The van der Waals surface area contributed by atoms with E-state index in [1.165, 1.54) is 102 Å². The van der Waals surface area contributed by atoms with Crippen LogP contribution in [0.2, 0.25) is 0 Å². The average Bonchev–Trinajstić information content (AvgIpc) is 3.50. The molecule has 1 fully saturated rings. The van der Waals surface area contributed by atoms with Gasteiger partial charge in [0.15, 0.2) is 11.7 Å². The lowest BCUT2D eigenvalue weighted by molar-refractivity contribution is -0.122. The fraction of sp³-hybridized carbons (Fsp3) is 0.846. The van der Waals surface area contributed by atoms with Gasteiger partial charge in [-0.05, 0) is 69.9 Å². The number of rotatable bonds is 32. The highest BCUT2D eigenvalue weighted by molar-refractivity contribution is 5.92. The number of unbranched alkanes of at least 4 members (excludes halogenated alkanes) is 24. The van der Waals surface area contributed by atoms with Crippen molar-refractivity contribution in [2.45, 2.75) is 198 Å². The fourth-order valence-corrected chi connectivity index (χ4v) is 6.47. The van der Waals surface area contributed by atoms with E-state index in [2.05, 4.69) is 10.6 Å². The zero-order valence-electron chi connectivity index (χ0n) is 29.7. The van der Waals surface area contributed by atoms with Crippen molar-refractivity contribution in [3.8, 4) is 0 Å². The fourth-order valence-electron chi connectivity index (χ4n) is 6.47. The molecule has 47 heavy (non-hydrogen) atoms. The molecule has 2 atom stereocenters. The first-order valence-electron chi connectivity index (χ1n) is 19.5. The Bertz CT molecular complexity index is 770. The average molecular weight is 669 g/mol. The van der Waals surface area contributed by atoms with E-state index in [0.29, 0.717) is 38.9 Å². The molecule has 6 nitrogen and oxygen atoms in total. The molecule has 274 valence electrons. The van der Waals surface area contributed by atoms with Crippen LogP contribution in [-0.4, -0.2) is 47.3 Å². The summed E-state index contributed by atoms with van der Waals surface area (Å²) >= 11 is 0. The van der Waals surface area contributed by atoms with Crippen LogP contribution in [0.1, 0.15) is 186 Å². The Kier molecular flexibility index (Phi) is 28.9. The molecular formula is C39H70F2N2O4. The SMILES string of the molecule is O=C(N[C@H]1CCC[C@H]1NC(=O)/C(F)=C/CCCCCCCCCCCCCCO)/C(F)=C/CCCCCCCCCCCCCCO. The van der Waals surface area contributed by atoms with Crippen LogP contribution >= 0.6 is 0 Å². The molecule has 2 amide bonds. The van der Waals surface area contributed by atoms with Gasteiger partial charge in [0, 0.05) is 25.3 Å². The molecule has 0 heterocycles. The molecule has 0 aliphatic heterocycles. The molecule has 0 aromatic rings. The van der Waals surface area contributed by atoms with E-state index in [-0.39, 0.29) is 0 Å². The third-order valence-electron chi connectivity index (χ3n) is 9.45. The maximum atomic E-state index is 14.5. The van der Waals surface area contributed by atoms with Crippen molar-refractivity contribution in [3.63, 3.8) is 0 Å². The van der Waals surface area contributed by atoms with Crippen molar-refractivity contribution in [1.82, 2.24) is 10.6 Å². The first-order valence-corrected chi connectivity index (χ1v) is 19.5. The first kappa shape index (κ1) is 43.2. The summed E-state index contributed by atoms with van der Waals surface area (Å²) in [4.78, 5) is 24.8. The summed E-state index contributed by atoms with van der Waals surface area (Å²) in [6, 6.07) is -0.796. The maximum Gasteiger partial charge on any atom is 0.279 e. The third-order valence-corrected chi connectivity index (χ3v) is 9.45. The number of hydrogen-bond acceptors (Lipinski definition) is 4. The Morgan fingerprint density at radius 2 is 0.723 bits per heavy atom. The molecule has 0 saturated heterocycles. The number of aliphatic hydroxyl groups is 2. The highest BCUT2D eigenvalue weighted by Gasteiger charge is 2.31. The predicted molar refractivity (Wildman–Crippen MR) is 190 cm³/mol. The second-order valence-corrected chi connectivity index (χ2v) is 13.7. The molecule has 1 saturated carbocycles. The zero-order valence-corrected chi connectivity index (χ0v) is 29.7. The molecule has 1 aliphatic carbocycles. The van der Waals surface area contributed by atoms with Gasteiger partial charge in [-0.2, -0.15) is 0 Å². The van der Waals surface area contributed by atoms with Gasteiger partial charge >= 0.3 is 0 Å². The van der Waals surface area contributed by atoms with Gasteiger partial charge in [-0.1, -0.05) is 128 Å². The summed E-state index contributed by atoms with van der Waals surface area (Å²) in [6.07, 6.45) is 33.3. The van der Waals surface area contributed by atoms with Crippen molar-refractivity contribution in [3.05, 3.63) is 23.8 Å². The molecule has 0 aromatic heterocycles. The van der Waals surface area contributed by atoms with E-state index in [1.54, 1.807) is 0 Å². The van der Waals surface area contributed by atoms with Crippen LogP contribution in [0.5, 0.6) is 0 Å². The van der Waals surface area contributed by atoms with Gasteiger partial charge in [0.1, 0.15) is 0 Å². The lowest BCUT2D eigenvalue weighted by atomic mass is 10.0. The summed E-state index contributed by atoms with van der Waals surface area (Å²) in [5.41, 5.74) is 0. The van der Waals surface area contributed by atoms with Crippen molar-refractivity contribution in [2.75, 3.05) is 13.2 Å². The summed E-state index contributed by atoms with van der Waals surface area (Å²) < 4.78 is 28.9. The van der Waals surface area contributed by atoms with Crippen molar-refractivity contribution in [1.29, 1.82) is 0 Å². The Morgan fingerprint density at radius 3 is 1.00 bits per heavy atom. The van der Waals surface area contributed by atoms with Gasteiger partial charge in [-0.3, -0.25) is 9.59 Å². The highest BCUT2D eigenvalue weighted by atomic mass is 19.1. The number of halogens is 2. The predicted octanol–water partition coefficient (Wildman–Crippen LogP) is 9.97. The zero-order chi connectivity index (χ0) is 34.2. The van der Waals surface area contributed by atoms with Crippen molar-refractivity contribution in [2.24, 2.45) is 0 Å². The minimum absolute atomic E-state index is 0.301. The van der Waals surface area contributed by atoms with E-state index in [9.17, 15) is 18.4 Å². The normalized spacial score (nSPS) is 16.9. The molecule has 8 heteroatoms. The number of carbonyl (C=O) groups is 2. The summed E-state index contributed by atoms with van der Waals surface area (Å²) in [7, 11) is 0. The van der Waals surface area contributed by atoms with Gasteiger partial charge in [0.2, 0.25) is 0 Å². The molecule has 0 unspecified atom stereocenters. The molecule has 0 bridgehead atoms. The van der Waals surface area contributed by atoms with Crippen LogP contribution in [0.4, 0.5) is 8.78 Å². The number of aliphatic hydroxyl groups excluding tert-OH is 2. The van der Waals surface area contributed by atoms with Crippen LogP contribution < -0.4 is 10.6 Å². The van der Waals surface area contributed by atoms with E-state index in [0.717, 1.165) is 70.6 Å². The number of hydrogen-bond donors (Lipinski definition) is 4. The number of nitrogens with one attached hydrogen (secondary N) is 2. The van der Waals surface area contributed by atoms with Gasteiger partial charge in [-0.25, -0.2) is 8.78 Å². The molecule has 0 spiro atoms. The van der Waals surface area contributed by atoms with Gasteiger partial charge in [0.25, 0.3) is 11.8 Å².